The third-order valence-corrected chi connectivity index (χ3v) is 4.40. The van der Waals surface area contributed by atoms with Crippen LogP contribution >= 0.6 is 0 Å². The number of amides is 2. The quantitative estimate of drug-likeness (QED) is 0.801. The molecule has 1 fully saturated rings. The van der Waals surface area contributed by atoms with Gasteiger partial charge in [0.1, 0.15) is 6.04 Å². The topological polar surface area (TPSA) is 55.2 Å². The Kier molecular flexibility index (Phi) is 3.35. The zero-order chi connectivity index (χ0) is 16.0. The number of hydrogen-bond acceptors (Lipinski definition) is 3. The molecule has 5 nitrogen and oxygen atoms in total. The Bertz CT molecular complexity index is 759. The van der Waals surface area contributed by atoms with Crippen LogP contribution in [-0.2, 0) is 9.59 Å². The van der Waals surface area contributed by atoms with Gasteiger partial charge in [0.25, 0.3) is 5.91 Å². The number of carbonyl (C=O) groups excluding carboxylic acids is 2. The van der Waals surface area contributed by atoms with Crippen LogP contribution in [0.3, 0.4) is 0 Å². The molecule has 22 heavy (non-hydrogen) atoms. The molecule has 1 saturated heterocycles. The van der Waals surface area contributed by atoms with Gasteiger partial charge in [0.2, 0.25) is 5.91 Å². The van der Waals surface area contributed by atoms with Crippen molar-refractivity contribution in [1.82, 2.24) is 9.78 Å². The molecule has 0 saturated carbocycles. The summed E-state index contributed by atoms with van der Waals surface area (Å²) in [6.07, 6.45) is 0.161. The molecule has 2 heterocycles. The normalized spacial score (nSPS) is 18.4. The zero-order valence-corrected chi connectivity index (χ0v) is 13.3. The third-order valence-electron chi connectivity index (χ3n) is 4.40. The lowest BCUT2D eigenvalue weighted by Gasteiger charge is -2.16. The summed E-state index contributed by atoms with van der Waals surface area (Å²) in [4.78, 5) is 26.3. The number of rotatable bonds is 2. The molecule has 1 aliphatic heterocycles. The molecular formula is C17H19N3O2. The fraction of sp³-hybridized carbons (Fsp3) is 0.353. The maximum absolute atomic E-state index is 12.7. The van der Waals surface area contributed by atoms with Gasteiger partial charge in [-0.15, -0.1) is 0 Å². The average Bonchev–Trinajstić information content (AvgIpc) is 2.91. The van der Waals surface area contributed by atoms with Gasteiger partial charge in [-0.1, -0.05) is 17.7 Å². The molecule has 1 aromatic carbocycles. The van der Waals surface area contributed by atoms with Crippen LogP contribution in [-0.4, -0.2) is 21.6 Å². The highest BCUT2D eigenvalue weighted by Crippen LogP contribution is 2.31. The second-order valence-corrected chi connectivity index (χ2v) is 5.86. The Morgan fingerprint density at radius 1 is 1.05 bits per heavy atom. The smallest absolute Gasteiger partial charge is 0.259 e. The number of nitrogens with zero attached hydrogens (tertiary/aromatic N) is 3. The molecule has 0 radical (unpaired) electrons. The summed E-state index contributed by atoms with van der Waals surface area (Å²) in [5.74, 6) is -0.386. The van der Waals surface area contributed by atoms with Crippen molar-refractivity contribution in [3.63, 3.8) is 0 Å². The molecule has 2 amide bonds. The van der Waals surface area contributed by atoms with Crippen molar-refractivity contribution in [1.29, 1.82) is 0 Å². The Morgan fingerprint density at radius 3 is 2.23 bits per heavy atom. The van der Waals surface area contributed by atoms with E-state index in [1.54, 1.807) is 16.8 Å². The summed E-state index contributed by atoms with van der Waals surface area (Å²) < 4.78 is 1.69. The monoisotopic (exact) mass is 297 g/mol. The minimum absolute atomic E-state index is 0.161. The minimum Gasteiger partial charge on any atom is -0.274 e. The first-order chi connectivity index (χ1) is 10.4. The standard InChI is InChI=1S/C17H19N3O2/c1-10-5-7-14(8-6-10)19-16(21)9-15(17(19)22)20-13(4)11(2)12(3)18-20/h5-8,15H,9H2,1-4H3. The van der Waals surface area contributed by atoms with Gasteiger partial charge in [-0.05, 0) is 45.4 Å². The number of anilines is 1. The lowest BCUT2D eigenvalue weighted by atomic mass is 10.2. The van der Waals surface area contributed by atoms with E-state index in [1.165, 1.54) is 4.90 Å². The van der Waals surface area contributed by atoms with Crippen LogP contribution in [0.25, 0.3) is 0 Å². The van der Waals surface area contributed by atoms with Gasteiger partial charge < -0.3 is 0 Å². The van der Waals surface area contributed by atoms with E-state index < -0.39 is 6.04 Å². The molecule has 0 spiro atoms. The summed E-state index contributed by atoms with van der Waals surface area (Å²) in [6.45, 7) is 7.80. The van der Waals surface area contributed by atoms with Crippen LogP contribution in [0.5, 0.6) is 0 Å². The van der Waals surface area contributed by atoms with Gasteiger partial charge in [-0.3, -0.25) is 14.3 Å². The second-order valence-electron chi connectivity index (χ2n) is 5.86. The number of aryl methyl sites for hydroxylation is 2. The van der Waals surface area contributed by atoms with Crippen molar-refractivity contribution in [2.24, 2.45) is 0 Å². The predicted molar refractivity (Wildman–Crippen MR) is 83.8 cm³/mol. The fourth-order valence-corrected chi connectivity index (χ4v) is 2.82. The van der Waals surface area contributed by atoms with Gasteiger partial charge in [0.15, 0.2) is 0 Å². The Hall–Kier alpha value is -2.43. The van der Waals surface area contributed by atoms with Gasteiger partial charge >= 0.3 is 0 Å². The van der Waals surface area contributed by atoms with E-state index in [1.807, 2.05) is 39.8 Å². The van der Waals surface area contributed by atoms with Crippen LogP contribution < -0.4 is 4.90 Å². The SMILES string of the molecule is Cc1ccc(N2C(=O)CC(n3nc(C)c(C)c3C)C2=O)cc1. The van der Waals surface area contributed by atoms with E-state index in [2.05, 4.69) is 5.10 Å². The van der Waals surface area contributed by atoms with E-state index in [0.717, 1.165) is 22.5 Å². The first-order valence-electron chi connectivity index (χ1n) is 7.36. The van der Waals surface area contributed by atoms with E-state index >= 15 is 0 Å². The third kappa shape index (κ3) is 2.13. The summed E-state index contributed by atoms with van der Waals surface area (Å²) in [5, 5.41) is 4.44. The fourth-order valence-electron chi connectivity index (χ4n) is 2.82. The summed E-state index contributed by atoms with van der Waals surface area (Å²) >= 11 is 0. The molecule has 1 aliphatic rings. The molecule has 1 aromatic heterocycles. The first-order valence-corrected chi connectivity index (χ1v) is 7.36. The molecule has 1 unspecified atom stereocenters. The van der Waals surface area contributed by atoms with Gasteiger partial charge in [-0.25, -0.2) is 4.90 Å². The molecule has 5 heteroatoms. The van der Waals surface area contributed by atoms with E-state index in [4.69, 9.17) is 0 Å². The summed E-state index contributed by atoms with van der Waals surface area (Å²) in [6, 6.07) is 6.87. The van der Waals surface area contributed by atoms with Crippen LogP contribution in [0.15, 0.2) is 24.3 Å². The number of benzene rings is 1. The molecule has 0 bridgehead atoms. The molecule has 0 aliphatic carbocycles. The predicted octanol–water partition coefficient (Wildman–Crippen LogP) is 2.62. The van der Waals surface area contributed by atoms with Crippen molar-refractivity contribution in [3.05, 3.63) is 46.8 Å². The molecular weight excluding hydrogens is 278 g/mol. The van der Waals surface area contributed by atoms with Gasteiger partial charge in [0, 0.05) is 5.69 Å². The van der Waals surface area contributed by atoms with Gasteiger partial charge in [-0.2, -0.15) is 5.10 Å². The number of carbonyl (C=O) groups is 2. The first kappa shape index (κ1) is 14.5. The maximum Gasteiger partial charge on any atom is 0.259 e. The molecule has 1 atom stereocenters. The van der Waals surface area contributed by atoms with E-state index in [0.29, 0.717) is 5.69 Å². The van der Waals surface area contributed by atoms with Gasteiger partial charge in [0.05, 0.1) is 17.8 Å². The van der Waals surface area contributed by atoms with Crippen molar-refractivity contribution in [2.75, 3.05) is 4.90 Å². The molecule has 0 N–H and O–H groups in total. The van der Waals surface area contributed by atoms with Crippen molar-refractivity contribution in [2.45, 2.75) is 40.2 Å². The number of hydrogen-bond donors (Lipinski definition) is 0. The van der Waals surface area contributed by atoms with E-state index in [9.17, 15) is 9.59 Å². The van der Waals surface area contributed by atoms with Crippen LogP contribution in [0.4, 0.5) is 5.69 Å². The van der Waals surface area contributed by atoms with E-state index in [-0.39, 0.29) is 18.2 Å². The van der Waals surface area contributed by atoms with Crippen molar-refractivity contribution >= 4 is 17.5 Å². The number of aromatic nitrogens is 2. The zero-order valence-electron chi connectivity index (χ0n) is 13.3. The Balaban J connectivity index is 1.97. The van der Waals surface area contributed by atoms with Crippen molar-refractivity contribution in [3.8, 4) is 0 Å². The lowest BCUT2D eigenvalue weighted by Crippen LogP contribution is -2.31. The highest BCUT2D eigenvalue weighted by molar-refractivity contribution is 6.21. The highest BCUT2D eigenvalue weighted by Gasteiger charge is 2.41. The maximum atomic E-state index is 12.7. The Labute approximate surface area is 129 Å². The largest absolute Gasteiger partial charge is 0.274 e. The average molecular weight is 297 g/mol. The lowest BCUT2D eigenvalue weighted by molar-refractivity contribution is -0.122. The van der Waals surface area contributed by atoms with Crippen LogP contribution in [0.1, 0.15) is 35.0 Å². The molecule has 114 valence electrons. The summed E-state index contributed by atoms with van der Waals surface area (Å²) in [5.41, 5.74) is 4.62. The van der Waals surface area contributed by atoms with Crippen molar-refractivity contribution < 1.29 is 9.59 Å². The summed E-state index contributed by atoms with van der Waals surface area (Å²) in [7, 11) is 0. The Morgan fingerprint density at radius 2 is 1.68 bits per heavy atom. The number of imide groups is 1. The molecule has 2 aromatic rings. The molecule has 3 rings (SSSR count). The second kappa shape index (κ2) is 5.09. The highest BCUT2D eigenvalue weighted by atomic mass is 16.2. The van der Waals surface area contributed by atoms with Crippen LogP contribution in [0.2, 0.25) is 0 Å². The minimum atomic E-state index is -0.541. The van der Waals surface area contributed by atoms with Crippen LogP contribution in [0, 0.1) is 27.7 Å².